The Balaban J connectivity index is 1.23. The van der Waals surface area contributed by atoms with Gasteiger partial charge in [0.25, 0.3) is 0 Å². The van der Waals surface area contributed by atoms with E-state index >= 15 is 0 Å². The van der Waals surface area contributed by atoms with Crippen LogP contribution in [0.2, 0.25) is 0 Å². The number of hydrogen-bond donors (Lipinski definition) is 0. The van der Waals surface area contributed by atoms with Crippen molar-refractivity contribution in [2.45, 2.75) is 187 Å². The molecule has 0 fully saturated rings. The smallest absolute Gasteiger partial charge is 0.0467 e. The first-order valence-corrected chi connectivity index (χ1v) is 27.0. The van der Waals surface area contributed by atoms with Gasteiger partial charge >= 0.3 is 0 Å². The lowest BCUT2D eigenvalue weighted by Gasteiger charge is -2.35. The van der Waals surface area contributed by atoms with Crippen LogP contribution in [0, 0.1) is 6.92 Å². The number of para-hydroxylation sites is 1. The topological polar surface area (TPSA) is 3.24 Å². The fourth-order valence-corrected chi connectivity index (χ4v) is 12.7. The molecule has 0 amide bonds. The molecule has 1 heteroatoms. The highest BCUT2D eigenvalue weighted by Crippen LogP contribution is 2.61. The van der Waals surface area contributed by atoms with Crippen LogP contribution in [0.3, 0.4) is 0 Å². The van der Waals surface area contributed by atoms with E-state index in [1.807, 2.05) is 0 Å². The maximum atomic E-state index is 2.80. The first-order valence-electron chi connectivity index (χ1n) is 27.0. The van der Waals surface area contributed by atoms with Crippen molar-refractivity contribution < 1.29 is 0 Å². The molecule has 344 valence electrons. The van der Waals surface area contributed by atoms with Crippen LogP contribution >= 0.6 is 0 Å². The highest BCUT2D eigenvalue weighted by atomic mass is 15.1. The molecule has 3 aliphatic carbocycles. The molecule has 3 aliphatic rings. The quantitative estimate of drug-likeness (QED) is 0.0548. The zero-order valence-electron chi connectivity index (χ0n) is 41.6. The molecular formula is C65H79N. The van der Waals surface area contributed by atoms with E-state index in [2.05, 4.69) is 161 Å². The van der Waals surface area contributed by atoms with Crippen molar-refractivity contribution in [1.82, 2.24) is 0 Å². The summed E-state index contributed by atoms with van der Waals surface area (Å²) in [7, 11) is 0. The largest absolute Gasteiger partial charge is 0.310 e. The Morgan fingerprint density at radius 3 is 1.38 bits per heavy atom. The first-order chi connectivity index (χ1) is 32.4. The van der Waals surface area contributed by atoms with Crippen LogP contribution < -0.4 is 4.90 Å². The molecule has 6 aromatic carbocycles. The van der Waals surface area contributed by atoms with Crippen molar-refractivity contribution in [3.63, 3.8) is 0 Å². The fourth-order valence-electron chi connectivity index (χ4n) is 12.7. The van der Waals surface area contributed by atoms with Gasteiger partial charge in [-0.3, -0.25) is 0 Å². The van der Waals surface area contributed by atoms with Crippen LogP contribution in [0.1, 0.15) is 195 Å². The van der Waals surface area contributed by atoms with Gasteiger partial charge < -0.3 is 4.90 Å². The maximum absolute atomic E-state index is 2.80. The highest BCUT2D eigenvalue weighted by Gasteiger charge is 2.48. The second-order valence-corrected chi connectivity index (χ2v) is 20.8. The van der Waals surface area contributed by atoms with Crippen LogP contribution in [0.25, 0.3) is 33.4 Å². The summed E-state index contributed by atoms with van der Waals surface area (Å²) in [5, 5.41) is 0. The number of rotatable bonds is 24. The van der Waals surface area contributed by atoms with Gasteiger partial charge in [-0.15, -0.1) is 0 Å². The number of unbranched alkanes of at least 4 members (excludes halogenated alkanes) is 12. The van der Waals surface area contributed by atoms with Gasteiger partial charge in [0.1, 0.15) is 0 Å². The summed E-state index contributed by atoms with van der Waals surface area (Å²) in [6.07, 6.45) is 28.1. The zero-order chi connectivity index (χ0) is 45.5. The van der Waals surface area contributed by atoms with Gasteiger partial charge in [0.15, 0.2) is 0 Å². The molecule has 0 spiro atoms. The summed E-state index contributed by atoms with van der Waals surface area (Å²) in [4.78, 5) is 2.54. The Morgan fingerprint density at radius 2 is 0.848 bits per heavy atom. The standard InChI is InChI=1S/C65H79N/c1-6-10-14-21-38-64(39-22-15-11-7-2)60-42-48(5)30-36-56(60)58-46-63-59(47-62(58)64)57-37-35-55(45-61(57)65(63,40-23-16-12-8-3)41-24-17-13-9-4)66(53-27-19-18-20-28-53)54-29-25-26-50(44-54)52-34-32-49-31-33-51(49)43-52/h18-20,25-30,32,34-37,42-47H,6-17,21-24,31,33,38-41H2,1-5H3. The van der Waals surface area contributed by atoms with E-state index in [4.69, 9.17) is 0 Å². The Kier molecular flexibility index (Phi) is 14.7. The second-order valence-electron chi connectivity index (χ2n) is 20.8. The van der Waals surface area contributed by atoms with Crippen molar-refractivity contribution in [2.75, 3.05) is 4.90 Å². The summed E-state index contributed by atoms with van der Waals surface area (Å²) >= 11 is 0. The molecule has 1 nitrogen and oxygen atoms in total. The van der Waals surface area contributed by atoms with Gasteiger partial charge in [-0.05, 0) is 161 Å². The molecule has 0 bridgehead atoms. The van der Waals surface area contributed by atoms with Crippen molar-refractivity contribution >= 4 is 17.1 Å². The zero-order valence-corrected chi connectivity index (χ0v) is 41.6. The Labute approximate surface area is 400 Å². The summed E-state index contributed by atoms with van der Waals surface area (Å²) in [5.74, 6) is 0. The van der Waals surface area contributed by atoms with Crippen LogP contribution in [0.15, 0.2) is 121 Å². The number of hydrogen-bond acceptors (Lipinski definition) is 1. The lowest BCUT2D eigenvalue weighted by atomic mass is 9.68. The van der Waals surface area contributed by atoms with E-state index in [0.29, 0.717) is 0 Å². The predicted octanol–water partition coefficient (Wildman–Crippen LogP) is 19.6. The van der Waals surface area contributed by atoms with Crippen LogP contribution in [-0.2, 0) is 23.7 Å². The highest BCUT2D eigenvalue weighted by molar-refractivity contribution is 5.92. The minimum atomic E-state index is -0.0360. The van der Waals surface area contributed by atoms with E-state index in [1.165, 1.54) is 203 Å². The van der Waals surface area contributed by atoms with E-state index in [1.54, 1.807) is 27.8 Å². The van der Waals surface area contributed by atoms with Gasteiger partial charge in [-0.1, -0.05) is 209 Å². The molecule has 0 aromatic heterocycles. The Bertz CT molecular complexity index is 2550. The van der Waals surface area contributed by atoms with Crippen molar-refractivity contribution in [1.29, 1.82) is 0 Å². The Morgan fingerprint density at radius 1 is 0.364 bits per heavy atom. The number of nitrogens with zero attached hydrogens (tertiary/aromatic N) is 1. The first kappa shape index (κ1) is 46.2. The predicted molar refractivity (Wildman–Crippen MR) is 286 cm³/mol. The van der Waals surface area contributed by atoms with Crippen LogP contribution in [0.4, 0.5) is 17.1 Å². The van der Waals surface area contributed by atoms with Crippen molar-refractivity contribution in [2.24, 2.45) is 0 Å². The molecule has 0 radical (unpaired) electrons. The average Bonchev–Trinajstić information content (AvgIpc) is 3.74. The monoisotopic (exact) mass is 874 g/mol. The Hall–Kier alpha value is -4.88. The molecule has 0 aliphatic heterocycles. The number of benzene rings is 6. The number of fused-ring (bicyclic) bond motifs is 7. The lowest BCUT2D eigenvalue weighted by molar-refractivity contribution is 0.397. The normalized spacial score (nSPS) is 14.6. The van der Waals surface area contributed by atoms with E-state index in [9.17, 15) is 0 Å². The molecule has 9 rings (SSSR count). The minimum Gasteiger partial charge on any atom is -0.310 e. The van der Waals surface area contributed by atoms with Crippen LogP contribution in [0.5, 0.6) is 0 Å². The van der Waals surface area contributed by atoms with Gasteiger partial charge in [-0.2, -0.15) is 0 Å². The summed E-state index contributed by atoms with van der Waals surface area (Å²) in [5.41, 5.74) is 23.3. The summed E-state index contributed by atoms with van der Waals surface area (Å²) < 4.78 is 0. The lowest BCUT2D eigenvalue weighted by Crippen LogP contribution is -2.27. The molecule has 66 heavy (non-hydrogen) atoms. The molecule has 0 saturated heterocycles. The van der Waals surface area contributed by atoms with Crippen LogP contribution in [-0.4, -0.2) is 0 Å². The van der Waals surface area contributed by atoms with Crippen molar-refractivity contribution in [3.8, 4) is 33.4 Å². The van der Waals surface area contributed by atoms with E-state index in [-0.39, 0.29) is 10.8 Å². The fraction of sp³-hybridized carbons (Fsp3) is 0.446. The van der Waals surface area contributed by atoms with E-state index < -0.39 is 0 Å². The molecular weight excluding hydrogens is 795 g/mol. The third-order valence-corrected chi connectivity index (χ3v) is 16.4. The molecule has 0 saturated carbocycles. The molecule has 6 aromatic rings. The number of anilines is 3. The molecule has 0 heterocycles. The average molecular weight is 874 g/mol. The van der Waals surface area contributed by atoms with Gasteiger partial charge in [0, 0.05) is 27.9 Å². The molecule has 0 atom stereocenters. The summed E-state index contributed by atoms with van der Waals surface area (Å²) in [6, 6.07) is 48.4. The minimum absolute atomic E-state index is 0.0360. The maximum Gasteiger partial charge on any atom is 0.0467 e. The second kappa shape index (κ2) is 21.0. The summed E-state index contributed by atoms with van der Waals surface area (Å²) in [6.45, 7) is 11.8. The van der Waals surface area contributed by atoms with Crippen molar-refractivity contribution in [3.05, 3.63) is 160 Å². The third kappa shape index (κ3) is 8.98. The number of aryl methyl sites for hydroxylation is 3. The molecule has 0 unspecified atom stereocenters. The van der Waals surface area contributed by atoms with Gasteiger partial charge in [0.05, 0.1) is 0 Å². The SMILES string of the molecule is CCCCCCC1(CCCCCC)c2cc(C)ccc2-c2cc3c(cc21)-c1ccc(N(c2ccccc2)c2cccc(-c4ccc5c(c4)CC5)c2)cc1C3(CCCCCC)CCCCCC. The third-order valence-electron chi connectivity index (χ3n) is 16.4. The molecule has 0 N–H and O–H groups in total. The van der Waals surface area contributed by atoms with E-state index in [0.717, 1.165) is 0 Å². The van der Waals surface area contributed by atoms with Gasteiger partial charge in [0.2, 0.25) is 0 Å². The van der Waals surface area contributed by atoms with Gasteiger partial charge in [-0.25, -0.2) is 0 Å².